The lowest BCUT2D eigenvalue weighted by Crippen LogP contribution is -2.61. The van der Waals surface area contributed by atoms with Gasteiger partial charge < -0.3 is 9.80 Å². The number of anilines is 6. The lowest BCUT2D eigenvalue weighted by Gasteiger charge is -2.44. The number of fused-ring (bicyclic) bond motifs is 6. The molecular weight excluding hydrogens is 667 g/mol. The summed E-state index contributed by atoms with van der Waals surface area (Å²) in [5.41, 5.74) is 15.6. The van der Waals surface area contributed by atoms with Crippen LogP contribution in [0.25, 0.3) is 32.8 Å². The van der Waals surface area contributed by atoms with Gasteiger partial charge in [0.15, 0.2) is 0 Å². The van der Waals surface area contributed by atoms with E-state index >= 15 is 0 Å². The predicted molar refractivity (Wildman–Crippen MR) is 234 cm³/mol. The number of hydrogen-bond donors (Lipinski definition) is 0. The van der Waals surface area contributed by atoms with E-state index in [4.69, 9.17) is 4.98 Å². The first-order valence-corrected chi connectivity index (χ1v) is 19.3. The molecular formula is C50H43BN4. The van der Waals surface area contributed by atoms with Crippen molar-refractivity contribution in [2.75, 3.05) is 9.80 Å². The van der Waals surface area contributed by atoms with Gasteiger partial charge in [-0.25, -0.2) is 9.97 Å². The monoisotopic (exact) mass is 710 g/mol. The van der Waals surface area contributed by atoms with Crippen molar-refractivity contribution in [1.82, 2.24) is 9.97 Å². The third-order valence-electron chi connectivity index (χ3n) is 11.7. The molecule has 0 atom stereocenters. The lowest BCUT2D eigenvalue weighted by molar-refractivity contribution is 0.590. The third-order valence-corrected chi connectivity index (χ3v) is 11.7. The molecule has 55 heavy (non-hydrogen) atoms. The lowest BCUT2D eigenvalue weighted by atomic mass is 9.33. The van der Waals surface area contributed by atoms with Crippen molar-refractivity contribution in [3.05, 3.63) is 163 Å². The molecule has 8 aromatic rings. The number of nitrogens with zero attached hydrogens (tertiary/aromatic N) is 4. The van der Waals surface area contributed by atoms with E-state index in [-0.39, 0.29) is 17.5 Å². The smallest absolute Gasteiger partial charge is 0.252 e. The maximum Gasteiger partial charge on any atom is 0.252 e. The largest absolute Gasteiger partial charge is 0.311 e. The molecule has 5 heteroatoms. The van der Waals surface area contributed by atoms with Crippen LogP contribution < -0.4 is 26.2 Å². The normalized spacial score (nSPS) is 13.5. The Hall–Kier alpha value is -6.20. The molecule has 0 bridgehead atoms. The quantitative estimate of drug-likeness (QED) is 0.171. The van der Waals surface area contributed by atoms with E-state index in [1.807, 2.05) is 12.3 Å². The molecule has 3 heterocycles. The highest BCUT2D eigenvalue weighted by molar-refractivity contribution is 7.00. The van der Waals surface area contributed by atoms with Gasteiger partial charge in [-0.2, -0.15) is 0 Å². The Morgan fingerprint density at radius 3 is 1.31 bits per heavy atom. The first-order valence-electron chi connectivity index (χ1n) is 19.3. The van der Waals surface area contributed by atoms with Crippen LogP contribution in [0.4, 0.5) is 34.1 Å². The molecule has 0 aliphatic carbocycles. The Labute approximate surface area is 324 Å². The summed E-state index contributed by atoms with van der Waals surface area (Å²) in [5.74, 6) is 0. The maximum absolute atomic E-state index is 4.81. The third kappa shape index (κ3) is 5.44. The zero-order chi connectivity index (χ0) is 37.6. The van der Waals surface area contributed by atoms with Crippen molar-refractivity contribution in [2.45, 2.75) is 52.4 Å². The summed E-state index contributed by atoms with van der Waals surface area (Å²) in [6.07, 6.45) is 3.49. The summed E-state index contributed by atoms with van der Waals surface area (Å²) in [5, 5.41) is 4.94. The molecule has 0 N–H and O–H groups in total. The molecule has 7 aromatic carbocycles. The number of hydrogen-bond acceptors (Lipinski definition) is 4. The van der Waals surface area contributed by atoms with E-state index in [1.165, 1.54) is 60.4 Å². The molecule has 0 amide bonds. The number of aromatic nitrogens is 2. The van der Waals surface area contributed by atoms with E-state index < -0.39 is 0 Å². The molecule has 0 saturated carbocycles. The molecule has 4 nitrogen and oxygen atoms in total. The van der Waals surface area contributed by atoms with Crippen LogP contribution in [-0.4, -0.2) is 16.7 Å². The second kappa shape index (κ2) is 12.2. The van der Waals surface area contributed by atoms with Gasteiger partial charge in [0, 0.05) is 45.9 Å². The number of benzene rings is 7. The fourth-order valence-corrected chi connectivity index (χ4v) is 8.75. The summed E-state index contributed by atoms with van der Waals surface area (Å²) in [6.45, 7) is 13.7. The first-order chi connectivity index (χ1) is 26.5. The molecule has 0 fully saturated rings. The second-order valence-electron chi connectivity index (χ2n) is 17.2. The van der Waals surface area contributed by atoms with Crippen molar-refractivity contribution < 1.29 is 0 Å². The van der Waals surface area contributed by atoms with Crippen LogP contribution in [0.15, 0.2) is 152 Å². The minimum absolute atomic E-state index is 0.00106. The summed E-state index contributed by atoms with van der Waals surface area (Å²) in [6, 6.07) is 52.4. The van der Waals surface area contributed by atoms with Crippen LogP contribution >= 0.6 is 0 Å². The SMILES string of the molecule is CC(C)(C)c1ccc(N2c3cc4ccccc4cc3B3c4cc5ccccc5cc4N(c4ccc(C(C)(C)C)cc4)c4cc(-c5ccncn5)cc2c43)cc1. The van der Waals surface area contributed by atoms with E-state index in [9.17, 15) is 0 Å². The Bertz CT molecular complexity index is 2610. The minimum Gasteiger partial charge on any atom is -0.311 e. The van der Waals surface area contributed by atoms with Crippen LogP contribution in [0.3, 0.4) is 0 Å². The van der Waals surface area contributed by atoms with E-state index in [0.717, 1.165) is 34.0 Å². The van der Waals surface area contributed by atoms with E-state index in [1.54, 1.807) is 6.33 Å². The Morgan fingerprint density at radius 1 is 0.473 bits per heavy atom. The summed E-state index contributed by atoms with van der Waals surface area (Å²) < 4.78 is 0. The van der Waals surface area contributed by atoms with E-state index in [0.29, 0.717) is 0 Å². The predicted octanol–water partition coefficient (Wildman–Crippen LogP) is 11.1. The highest BCUT2D eigenvalue weighted by atomic mass is 15.2. The van der Waals surface area contributed by atoms with Crippen molar-refractivity contribution in [2.24, 2.45) is 0 Å². The average molecular weight is 711 g/mol. The van der Waals surface area contributed by atoms with Gasteiger partial charge in [0.25, 0.3) is 6.71 Å². The van der Waals surface area contributed by atoms with Gasteiger partial charge >= 0.3 is 0 Å². The highest BCUT2D eigenvalue weighted by Gasteiger charge is 2.44. The van der Waals surface area contributed by atoms with Crippen molar-refractivity contribution in [3.8, 4) is 11.3 Å². The van der Waals surface area contributed by atoms with Gasteiger partial charge in [-0.15, -0.1) is 0 Å². The molecule has 0 spiro atoms. The highest BCUT2D eigenvalue weighted by Crippen LogP contribution is 2.47. The Balaban J connectivity index is 1.33. The van der Waals surface area contributed by atoms with Crippen molar-refractivity contribution in [1.29, 1.82) is 0 Å². The van der Waals surface area contributed by atoms with Crippen LogP contribution in [0.1, 0.15) is 52.7 Å². The van der Waals surface area contributed by atoms with Crippen molar-refractivity contribution in [3.63, 3.8) is 0 Å². The van der Waals surface area contributed by atoms with Gasteiger partial charge in [-0.1, -0.05) is 126 Å². The fourth-order valence-electron chi connectivity index (χ4n) is 8.75. The van der Waals surface area contributed by atoms with Crippen LogP contribution in [-0.2, 0) is 10.8 Å². The van der Waals surface area contributed by atoms with Crippen molar-refractivity contribution >= 4 is 78.8 Å². The fraction of sp³-hybridized carbons (Fsp3) is 0.160. The molecule has 1 aromatic heterocycles. The first kappa shape index (κ1) is 33.4. The summed E-state index contributed by atoms with van der Waals surface area (Å²) in [7, 11) is 0. The van der Waals surface area contributed by atoms with Gasteiger partial charge in [0.2, 0.25) is 0 Å². The number of rotatable bonds is 3. The van der Waals surface area contributed by atoms with Gasteiger partial charge in [0.05, 0.1) is 5.69 Å². The summed E-state index contributed by atoms with van der Waals surface area (Å²) >= 11 is 0. The molecule has 266 valence electrons. The van der Waals surface area contributed by atoms with Gasteiger partial charge in [0.1, 0.15) is 6.33 Å². The maximum atomic E-state index is 4.81. The van der Waals surface area contributed by atoms with Gasteiger partial charge in [-0.3, -0.25) is 0 Å². The summed E-state index contributed by atoms with van der Waals surface area (Å²) in [4.78, 5) is 14.1. The molecule has 0 unspecified atom stereocenters. The van der Waals surface area contributed by atoms with Crippen LogP contribution in [0.2, 0.25) is 0 Å². The second-order valence-corrected chi connectivity index (χ2v) is 17.2. The molecule has 0 radical (unpaired) electrons. The van der Waals surface area contributed by atoms with Crippen LogP contribution in [0, 0.1) is 0 Å². The molecule has 2 aliphatic rings. The van der Waals surface area contributed by atoms with Gasteiger partial charge in [-0.05, 0) is 114 Å². The van der Waals surface area contributed by atoms with E-state index in [2.05, 4.69) is 190 Å². The zero-order valence-electron chi connectivity index (χ0n) is 32.3. The zero-order valence-corrected chi connectivity index (χ0v) is 32.3. The molecule has 2 aliphatic heterocycles. The topological polar surface area (TPSA) is 32.3 Å². The average Bonchev–Trinajstić information content (AvgIpc) is 3.19. The standard InChI is InChI=1S/C50H43BN4/c1-49(2,3)37-15-19-39(20-16-37)54-44-27-34-13-9-7-11-32(34)25-41(44)51-42-26-33-12-8-10-14-35(33)28-45(42)55(40-21-17-38(18-22-40)50(4,5)6)47-30-36(29-46(54)48(47)51)43-23-24-52-31-53-43/h7-31H,1-6H3. The molecule has 0 saturated heterocycles. The Kier molecular flexibility index (Phi) is 7.38. The Morgan fingerprint density at radius 2 is 0.909 bits per heavy atom. The minimum atomic E-state index is -0.00106. The molecule has 10 rings (SSSR count). The van der Waals surface area contributed by atoms with Crippen LogP contribution in [0.5, 0.6) is 0 Å².